The first-order chi connectivity index (χ1) is 3.84. The smallest absolute Gasteiger partial charge is 0.224 e. The van der Waals surface area contributed by atoms with Gasteiger partial charge in [0.2, 0.25) is 5.28 Å². The molecule has 0 spiro atoms. The van der Waals surface area contributed by atoms with Crippen molar-refractivity contribution in [3.8, 4) is 0 Å². The Kier molecular flexibility index (Phi) is 1.48. The van der Waals surface area contributed by atoms with Crippen LogP contribution in [0.5, 0.6) is 0 Å². The summed E-state index contributed by atoms with van der Waals surface area (Å²) in [5.74, 6) is 0. The minimum Gasteiger partial charge on any atom is -0.305 e. The maximum absolute atomic E-state index is 5.53. The van der Waals surface area contributed by atoms with Crippen LogP contribution in [0.3, 0.4) is 0 Å². The Bertz CT molecular complexity index is 172. The van der Waals surface area contributed by atoms with Gasteiger partial charge in [0.15, 0.2) is 0 Å². The van der Waals surface area contributed by atoms with Gasteiger partial charge in [0, 0.05) is 6.54 Å². The van der Waals surface area contributed by atoms with E-state index in [1.165, 1.54) is 0 Å². The van der Waals surface area contributed by atoms with Crippen LogP contribution in [-0.2, 0) is 6.54 Å². The van der Waals surface area contributed by atoms with E-state index in [-0.39, 0.29) is 0 Å². The van der Waals surface area contributed by atoms with Crippen molar-refractivity contribution in [1.82, 2.24) is 14.8 Å². The quantitative estimate of drug-likeness (QED) is 0.568. The topological polar surface area (TPSA) is 30.7 Å². The van der Waals surface area contributed by atoms with E-state index in [1.807, 2.05) is 6.92 Å². The first-order valence-electron chi connectivity index (χ1n) is 2.38. The number of hydrogen-bond donors (Lipinski definition) is 0. The van der Waals surface area contributed by atoms with Crippen LogP contribution in [0.15, 0.2) is 6.33 Å². The predicted molar refractivity (Wildman–Crippen MR) is 30.7 cm³/mol. The van der Waals surface area contributed by atoms with Crippen LogP contribution in [-0.4, -0.2) is 14.8 Å². The summed E-state index contributed by atoms with van der Waals surface area (Å²) in [6, 6.07) is 0. The minimum absolute atomic E-state index is 0.451. The molecule has 0 saturated carbocycles. The lowest BCUT2D eigenvalue weighted by Crippen LogP contribution is -1.89. The van der Waals surface area contributed by atoms with E-state index in [0.717, 1.165) is 6.54 Å². The molecule has 1 rings (SSSR count). The van der Waals surface area contributed by atoms with Crippen LogP contribution >= 0.6 is 11.6 Å². The molecule has 0 amide bonds. The fraction of sp³-hybridized carbons (Fsp3) is 0.500. The van der Waals surface area contributed by atoms with E-state index in [2.05, 4.69) is 10.2 Å². The van der Waals surface area contributed by atoms with E-state index in [1.54, 1.807) is 10.9 Å². The van der Waals surface area contributed by atoms with E-state index in [9.17, 15) is 0 Å². The molecular weight excluding hydrogens is 126 g/mol. The Labute approximate surface area is 52.3 Å². The standard InChI is InChI=1S/C4H6ClN3/c1-2-8-3-6-7-4(8)5/h3H,2H2,1H3. The molecule has 0 saturated heterocycles. The average Bonchev–Trinajstić information content (AvgIpc) is 2.14. The highest BCUT2D eigenvalue weighted by Gasteiger charge is 1.93. The van der Waals surface area contributed by atoms with Crippen LogP contribution < -0.4 is 0 Å². The summed E-state index contributed by atoms with van der Waals surface area (Å²) in [5.41, 5.74) is 0. The van der Waals surface area contributed by atoms with Gasteiger partial charge in [0.25, 0.3) is 0 Å². The molecule has 1 aromatic rings. The van der Waals surface area contributed by atoms with Crippen molar-refractivity contribution < 1.29 is 0 Å². The number of hydrogen-bond acceptors (Lipinski definition) is 2. The first-order valence-corrected chi connectivity index (χ1v) is 2.75. The summed E-state index contributed by atoms with van der Waals surface area (Å²) in [6.07, 6.45) is 1.60. The summed E-state index contributed by atoms with van der Waals surface area (Å²) in [5, 5.41) is 7.59. The molecule has 44 valence electrons. The average molecular weight is 132 g/mol. The fourth-order valence-corrected chi connectivity index (χ4v) is 0.660. The van der Waals surface area contributed by atoms with Crippen LogP contribution in [0, 0.1) is 0 Å². The number of aryl methyl sites for hydroxylation is 1. The largest absolute Gasteiger partial charge is 0.305 e. The van der Waals surface area contributed by atoms with E-state index >= 15 is 0 Å². The van der Waals surface area contributed by atoms with Crippen molar-refractivity contribution in [3.05, 3.63) is 11.6 Å². The molecular formula is C4H6ClN3. The van der Waals surface area contributed by atoms with Crippen LogP contribution in [0.1, 0.15) is 6.92 Å². The monoisotopic (exact) mass is 131 g/mol. The molecule has 4 heteroatoms. The second-order valence-corrected chi connectivity index (χ2v) is 1.72. The van der Waals surface area contributed by atoms with Crippen molar-refractivity contribution in [2.75, 3.05) is 0 Å². The minimum atomic E-state index is 0.451. The highest BCUT2D eigenvalue weighted by Crippen LogP contribution is 2.00. The SMILES string of the molecule is CCn1cnnc1Cl. The third kappa shape index (κ3) is 0.816. The van der Waals surface area contributed by atoms with Crippen molar-refractivity contribution in [2.45, 2.75) is 13.5 Å². The molecule has 0 radical (unpaired) electrons. The molecule has 1 aromatic heterocycles. The maximum Gasteiger partial charge on any atom is 0.224 e. The molecule has 0 N–H and O–H groups in total. The van der Waals surface area contributed by atoms with Gasteiger partial charge >= 0.3 is 0 Å². The molecule has 0 unspecified atom stereocenters. The summed E-state index contributed by atoms with van der Waals surface area (Å²) < 4.78 is 1.75. The Morgan fingerprint density at radius 1 is 1.88 bits per heavy atom. The van der Waals surface area contributed by atoms with Gasteiger partial charge in [-0.3, -0.25) is 0 Å². The second kappa shape index (κ2) is 2.13. The van der Waals surface area contributed by atoms with Crippen LogP contribution in [0.2, 0.25) is 5.28 Å². The van der Waals surface area contributed by atoms with Gasteiger partial charge in [-0.1, -0.05) is 0 Å². The second-order valence-electron chi connectivity index (χ2n) is 1.39. The molecule has 0 aliphatic carbocycles. The van der Waals surface area contributed by atoms with E-state index in [0.29, 0.717) is 5.28 Å². The van der Waals surface area contributed by atoms with Crippen LogP contribution in [0.25, 0.3) is 0 Å². The highest BCUT2D eigenvalue weighted by molar-refractivity contribution is 6.28. The lowest BCUT2D eigenvalue weighted by molar-refractivity contribution is 0.759. The van der Waals surface area contributed by atoms with Gasteiger partial charge in [0.05, 0.1) is 0 Å². The van der Waals surface area contributed by atoms with Gasteiger partial charge in [-0.25, -0.2) is 0 Å². The van der Waals surface area contributed by atoms with E-state index in [4.69, 9.17) is 11.6 Å². The molecule has 0 fully saturated rings. The maximum atomic E-state index is 5.53. The van der Waals surface area contributed by atoms with Gasteiger partial charge in [0.1, 0.15) is 6.33 Å². The third-order valence-corrected chi connectivity index (χ3v) is 1.20. The molecule has 1 heterocycles. The van der Waals surface area contributed by atoms with Crippen molar-refractivity contribution >= 4 is 11.6 Å². The number of nitrogens with zero attached hydrogens (tertiary/aromatic N) is 3. The molecule has 0 aromatic carbocycles. The predicted octanol–water partition coefficient (Wildman–Crippen LogP) is 0.951. The lowest BCUT2D eigenvalue weighted by atomic mass is 10.7. The number of halogens is 1. The van der Waals surface area contributed by atoms with Gasteiger partial charge < -0.3 is 4.57 Å². The molecule has 8 heavy (non-hydrogen) atoms. The molecule has 3 nitrogen and oxygen atoms in total. The number of aromatic nitrogens is 3. The van der Waals surface area contributed by atoms with Crippen molar-refractivity contribution in [1.29, 1.82) is 0 Å². The Morgan fingerprint density at radius 3 is 2.88 bits per heavy atom. The Balaban J connectivity index is 2.92. The van der Waals surface area contributed by atoms with E-state index < -0.39 is 0 Å². The van der Waals surface area contributed by atoms with Crippen molar-refractivity contribution in [3.63, 3.8) is 0 Å². The summed E-state index contributed by atoms with van der Waals surface area (Å²) in [7, 11) is 0. The number of rotatable bonds is 1. The highest BCUT2D eigenvalue weighted by atomic mass is 35.5. The summed E-state index contributed by atoms with van der Waals surface area (Å²) in [4.78, 5) is 0. The molecule has 0 aliphatic rings. The van der Waals surface area contributed by atoms with Crippen molar-refractivity contribution in [2.24, 2.45) is 0 Å². The normalized spacial score (nSPS) is 9.75. The van der Waals surface area contributed by atoms with Gasteiger partial charge in [-0.15, -0.1) is 10.2 Å². The zero-order valence-electron chi connectivity index (χ0n) is 4.50. The zero-order chi connectivity index (χ0) is 5.98. The Hall–Kier alpha value is -0.570. The fourth-order valence-electron chi connectivity index (χ4n) is 0.453. The third-order valence-electron chi connectivity index (χ3n) is 0.909. The first kappa shape index (κ1) is 5.56. The molecule has 0 bridgehead atoms. The van der Waals surface area contributed by atoms with Gasteiger partial charge in [-0.2, -0.15) is 0 Å². The molecule has 0 atom stereocenters. The summed E-state index contributed by atoms with van der Waals surface area (Å²) in [6.45, 7) is 2.81. The summed E-state index contributed by atoms with van der Waals surface area (Å²) >= 11 is 5.53. The lowest BCUT2D eigenvalue weighted by Gasteiger charge is -1.90. The van der Waals surface area contributed by atoms with Crippen LogP contribution in [0.4, 0.5) is 0 Å². The van der Waals surface area contributed by atoms with Gasteiger partial charge in [-0.05, 0) is 18.5 Å². The Morgan fingerprint density at radius 2 is 2.62 bits per heavy atom. The zero-order valence-corrected chi connectivity index (χ0v) is 5.26. The molecule has 0 aliphatic heterocycles.